The second-order valence-corrected chi connectivity index (χ2v) is 8.90. The zero-order valence-electron chi connectivity index (χ0n) is 15.1. The molecule has 0 amide bonds. The van der Waals surface area contributed by atoms with Gasteiger partial charge in [0.1, 0.15) is 6.10 Å². The summed E-state index contributed by atoms with van der Waals surface area (Å²) in [4.78, 5) is 12.6. The van der Waals surface area contributed by atoms with E-state index >= 15 is 0 Å². The third kappa shape index (κ3) is 4.51. The molecule has 1 heterocycles. The summed E-state index contributed by atoms with van der Waals surface area (Å²) >= 11 is 6.13. The van der Waals surface area contributed by atoms with Crippen LogP contribution in [0.3, 0.4) is 0 Å². The van der Waals surface area contributed by atoms with Gasteiger partial charge < -0.3 is 4.74 Å². The zero-order chi connectivity index (χ0) is 19.4. The van der Waals surface area contributed by atoms with Crippen LogP contribution in [0.1, 0.15) is 48.2 Å². The van der Waals surface area contributed by atoms with Crippen LogP contribution in [0, 0.1) is 0 Å². The molecule has 1 fully saturated rings. The van der Waals surface area contributed by atoms with Crippen molar-refractivity contribution in [2.75, 3.05) is 13.1 Å². The Kier molecular flexibility index (Phi) is 6.19. The van der Waals surface area contributed by atoms with Gasteiger partial charge in [-0.25, -0.2) is 13.2 Å². The summed E-state index contributed by atoms with van der Waals surface area (Å²) in [6.45, 7) is 2.83. The molecule has 0 spiro atoms. The molecule has 144 valence electrons. The number of hydrogen-bond donors (Lipinski definition) is 0. The Morgan fingerprint density at radius 3 is 2.30 bits per heavy atom. The fraction of sp³-hybridized carbons (Fsp3) is 0.350. The van der Waals surface area contributed by atoms with Gasteiger partial charge >= 0.3 is 5.97 Å². The molecule has 1 saturated heterocycles. The quantitative estimate of drug-likeness (QED) is 0.687. The maximum atomic E-state index is 12.7. The third-order valence-electron chi connectivity index (χ3n) is 4.67. The molecule has 0 N–H and O–H groups in total. The van der Waals surface area contributed by atoms with Crippen LogP contribution in [0.5, 0.6) is 0 Å². The summed E-state index contributed by atoms with van der Waals surface area (Å²) in [6, 6.07) is 13.1. The number of hydrogen-bond acceptors (Lipinski definition) is 4. The maximum absolute atomic E-state index is 12.7. The number of piperidine rings is 1. The van der Waals surface area contributed by atoms with Gasteiger partial charge in [-0.15, -0.1) is 0 Å². The van der Waals surface area contributed by atoms with E-state index in [1.165, 1.54) is 28.6 Å². The summed E-state index contributed by atoms with van der Waals surface area (Å²) in [7, 11) is -3.51. The van der Waals surface area contributed by atoms with Crippen LogP contribution in [0.25, 0.3) is 0 Å². The van der Waals surface area contributed by atoms with Gasteiger partial charge in [-0.3, -0.25) is 0 Å². The molecule has 1 aliphatic heterocycles. The third-order valence-corrected chi connectivity index (χ3v) is 6.93. The molecule has 5 nitrogen and oxygen atoms in total. The first-order chi connectivity index (χ1) is 12.9. The van der Waals surface area contributed by atoms with Crippen LogP contribution < -0.4 is 0 Å². The van der Waals surface area contributed by atoms with Gasteiger partial charge in [0.25, 0.3) is 0 Å². The highest BCUT2D eigenvalue weighted by Crippen LogP contribution is 2.26. The van der Waals surface area contributed by atoms with Gasteiger partial charge in [-0.1, -0.05) is 36.2 Å². The van der Waals surface area contributed by atoms with Gasteiger partial charge in [-0.05, 0) is 50.1 Å². The van der Waals surface area contributed by atoms with Crippen molar-refractivity contribution >= 4 is 27.6 Å². The highest BCUT2D eigenvalue weighted by Gasteiger charge is 2.26. The zero-order valence-corrected chi connectivity index (χ0v) is 16.7. The molecule has 2 aromatic rings. The smallest absolute Gasteiger partial charge is 0.338 e. The molecule has 1 atom stereocenters. The van der Waals surface area contributed by atoms with Crippen molar-refractivity contribution < 1.29 is 17.9 Å². The SMILES string of the molecule is C[C@@H](OC(=O)c1ccc(S(=O)(=O)N2CCCCC2)cc1)c1ccccc1Cl. The summed E-state index contributed by atoms with van der Waals surface area (Å²) in [6.07, 6.45) is 2.30. The van der Waals surface area contributed by atoms with E-state index in [2.05, 4.69) is 0 Å². The number of esters is 1. The Morgan fingerprint density at radius 1 is 1.04 bits per heavy atom. The molecule has 0 saturated carbocycles. The Morgan fingerprint density at radius 2 is 1.67 bits per heavy atom. The molecule has 0 aliphatic carbocycles. The van der Waals surface area contributed by atoms with Gasteiger partial charge in [-0.2, -0.15) is 4.31 Å². The molecule has 7 heteroatoms. The molecule has 0 radical (unpaired) electrons. The molecule has 3 rings (SSSR count). The fourth-order valence-electron chi connectivity index (χ4n) is 3.11. The van der Waals surface area contributed by atoms with Crippen LogP contribution in [-0.2, 0) is 14.8 Å². The van der Waals surface area contributed by atoms with Gasteiger partial charge in [0, 0.05) is 23.7 Å². The van der Waals surface area contributed by atoms with E-state index in [9.17, 15) is 13.2 Å². The number of sulfonamides is 1. The normalized spacial score (nSPS) is 16.7. The van der Waals surface area contributed by atoms with Crippen LogP contribution in [0.15, 0.2) is 53.4 Å². The van der Waals surface area contributed by atoms with Crippen molar-refractivity contribution in [2.24, 2.45) is 0 Å². The van der Waals surface area contributed by atoms with Crippen molar-refractivity contribution in [3.8, 4) is 0 Å². The lowest BCUT2D eigenvalue weighted by Crippen LogP contribution is -2.35. The number of carbonyl (C=O) groups is 1. The van der Waals surface area contributed by atoms with Crippen molar-refractivity contribution in [2.45, 2.75) is 37.2 Å². The minimum Gasteiger partial charge on any atom is -0.454 e. The molecular formula is C20H22ClNO4S. The Labute approximate surface area is 165 Å². The van der Waals surface area contributed by atoms with E-state index in [0.29, 0.717) is 23.7 Å². The Hall–Kier alpha value is -1.89. The summed E-state index contributed by atoms with van der Waals surface area (Å²) in [5.74, 6) is -0.524. The van der Waals surface area contributed by atoms with E-state index < -0.39 is 22.1 Å². The van der Waals surface area contributed by atoms with E-state index in [-0.39, 0.29) is 4.90 Å². The van der Waals surface area contributed by atoms with E-state index in [1.807, 2.05) is 12.1 Å². The van der Waals surface area contributed by atoms with Crippen LogP contribution in [-0.4, -0.2) is 31.8 Å². The molecular weight excluding hydrogens is 386 g/mol. The van der Waals surface area contributed by atoms with Crippen molar-refractivity contribution in [1.82, 2.24) is 4.31 Å². The lowest BCUT2D eigenvalue weighted by Gasteiger charge is -2.25. The standard InChI is InChI=1S/C20H22ClNO4S/c1-15(18-7-3-4-8-19(18)21)26-20(23)16-9-11-17(12-10-16)27(24,25)22-13-5-2-6-14-22/h3-4,7-12,15H,2,5-6,13-14H2,1H3/t15-/m1/s1. The van der Waals surface area contributed by atoms with Gasteiger partial charge in [0.15, 0.2) is 0 Å². The monoisotopic (exact) mass is 407 g/mol. The number of halogens is 1. The maximum Gasteiger partial charge on any atom is 0.338 e. The molecule has 0 bridgehead atoms. The number of ether oxygens (including phenoxy) is 1. The molecule has 2 aromatic carbocycles. The average molecular weight is 408 g/mol. The van der Waals surface area contributed by atoms with E-state index in [0.717, 1.165) is 24.8 Å². The summed E-state index contributed by atoms with van der Waals surface area (Å²) in [5, 5.41) is 0.528. The molecule has 27 heavy (non-hydrogen) atoms. The molecule has 1 aliphatic rings. The highest BCUT2D eigenvalue weighted by molar-refractivity contribution is 7.89. The summed E-state index contributed by atoms with van der Waals surface area (Å²) in [5.41, 5.74) is 1.02. The highest BCUT2D eigenvalue weighted by atomic mass is 35.5. The van der Waals surface area contributed by atoms with Crippen molar-refractivity contribution in [3.63, 3.8) is 0 Å². The Bertz CT molecular complexity index is 906. The number of nitrogens with zero attached hydrogens (tertiary/aromatic N) is 1. The minimum atomic E-state index is -3.51. The van der Waals surface area contributed by atoms with Crippen molar-refractivity contribution in [1.29, 1.82) is 0 Å². The number of rotatable bonds is 5. The lowest BCUT2D eigenvalue weighted by atomic mass is 10.1. The Balaban J connectivity index is 1.71. The molecule has 0 aromatic heterocycles. The average Bonchev–Trinajstić information content (AvgIpc) is 2.69. The minimum absolute atomic E-state index is 0.195. The largest absolute Gasteiger partial charge is 0.454 e. The second-order valence-electron chi connectivity index (χ2n) is 6.56. The van der Waals surface area contributed by atoms with Crippen LogP contribution >= 0.6 is 11.6 Å². The first kappa shape index (κ1) is 19.9. The summed E-state index contributed by atoms with van der Waals surface area (Å²) < 4.78 is 32.3. The van der Waals surface area contributed by atoms with Gasteiger partial charge in [0.2, 0.25) is 10.0 Å². The molecule has 0 unspecified atom stereocenters. The van der Waals surface area contributed by atoms with Crippen molar-refractivity contribution in [3.05, 3.63) is 64.7 Å². The number of benzene rings is 2. The predicted molar refractivity (Wildman–Crippen MR) is 104 cm³/mol. The van der Waals surface area contributed by atoms with Crippen LogP contribution in [0.4, 0.5) is 0 Å². The van der Waals surface area contributed by atoms with Gasteiger partial charge in [0.05, 0.1) is 10.5 Å². The van der Waals surface area contributed by atoms with E-state index in [1.54, 1.807) is 19.1 Å². The fourth-order valence-corrected chi connectivity index (χ4v) is 4.92. The first-order valence-electron chi connectivity index (χ1n) is 8.95. The lowest BCUT2D eigenvalue weighted by molar-refractivity contribution is 0.0338. The second kappa shape index (κ2) is 8.42. The van der Waals surface area contributed by atoms with Crippen LogP contribution in [0.2, 0.25) is 5.02 Å². The number of carbonyl (C=O) groups excluding carboxylic acids is 1. The van der Waals surface area contributed by atoms with E-state index in [4.69, 9.17) is 16.3 Å². The first-order valence-corrected chi connectivity index (χ1v) is 10.8. The predicted octanol–water partition coefficient (Wildman–Crippen LogP) is 4.43. The topological polar surface area (TPSA) is 63.7 Å².